The Bertz CT molecular complexity index is 1180. The van der Waals surface area contributed by atoms with Crippen LogP contribution in [0.1, 0.15) is 25.0 Å². The van der Waals surface area contributed by atoms with Crippen molar-refractivity contribution in [2.45, 2.75) is 38.0 Å². The van der Waals surface area contributed by atoms with Gasteiger partial charge in [-0.05, 0) is 37.1 Å². The molecule has 11 heteroatoms. The minimum Gasteiger partial charge on any atom is -0.442 e. The zero-order valence-corrected chi connectivity index (χ0v) is 18.2. The number of carbonyl (C=O) groups excluding carboxylic acids is 1. The van der Waals surface area contributed by atoms with E-state index in [2.05, 4.69) is 20.5 Å². The van der Waals surface area contributed by atoms with Gasteiger partial charge in [-0.3, -0.25) is 9.88 Å². The third kappa shape index (κ3) is 4.60. The molecule has 0 bridgehead atoms. The topological polar surface area (TPSA) is 115 Å². The van der Waals surface area contributed by atoms with Crippen molar-refractivity contribution in [2.75, 3.05) is 18.1 Å². The molecule has 1 amide bonds. The summed E-state index contributed by atoms with van der Waals surface area (Å²) in [4.78, 5) is 23.5. The van der Waals surface area contributed by atoms with Crippen molar-refractivity contribution in [1.29, 1.82) is 0 Å². The number of benzene rings is 1. The summed E-state index contributed by atoms with van der Waals surface area (Å²) in [6.45, 7) is 0.783. The number of cyclic esters (lactones) is 1. The molecule has 0 aliphatic carbocycles. The summed E-state index contributed by atoms with van der Waals surface area (Å²) in [7, 11) is 0. The Morgan fingerprint density at radius 2 is 2.12 bits per heavy atom. The number of aromatic nitrogens is 4. The van der Waals surface area contributed by atoms with Crippen molar-refractivity contribution in [3.05, 3.63) is 60.4 Å². The number of hydrogen-bond acceptors (Lipinski definition) is 8. The molecule has 1 saturated heterocycles. The maximum Gasteiger partial charge on any atom is 0.414 e. The summed E-state index contributed by atoms with van der Waals surface area (Å²) >= 11 is 0. The molecule has 0 radical (unpaired) electrons. The number of carbonyl (C=O) groups is 1. The molecule has 2 aliphatic rings. The van der Waals surface area contributed by atoms with Crippen LogP contribution in [0.15, 0.2) is 54.1 Å². The number of hydrogen-bond donors (Lipinski definition) is 1. The molecule has 10 nitrogen and oxygen atoms in total. The number of halogens is 1. The van der Waals surface area contributed by atoms with E-state index in [4.69, 9.17) is 14.7 Å². The molecule has 1 fully saturated rings. The molecule has 176 valence electrons. The number of anilines is 1. The number of oxime groups is 1. The second-order valence-electron chi connectivity index (χ2n) is 8.17. The van der Waals surface area contributed by atoms with Crippen LogP contribution in [-0.4, -0.2) is 62.2 Å². The van der Waals surface area contributed by atoms with Gasteiger partial charge in [0.25, 0.3) is 0 Å². The second-order valence-corrected chi connectivity index (χ2v) is 8.17. The Morgan fingerprint density at radius 3 is 2.85 bits per heavy atom. The summed E-state index contributed by atoms with van der Waals surface area (Å²) < 4.78 is 22.0. The molecule has 1 aromatic carbocycles. The first-order valence-electron chi connectivity index (χ1n) is 11.0. The van der Waals surface area contributed by atoms with Gasteiger partial charge in [-0.1, -0.05) is 16.4 Å². The zero-order valence-electron chi connectivity index (χ0n) is 18.2. The molecule has 5 rings (SSSR count). The third-order valence-corrected chi connectivity index (χ3v) is 5.79. The van der Waals surface area contributed by atoms with E-state index < -0.39 is 18.0 Å². The minimum absolute atomic E-state index is 0.0540. The largest absolute Gasteiger partial charge is 0.442 e. The average Bonchev–Trinajstić information content (AvgIpc) is 3.60. The van der Waals surface area contributed by atoms with Crippen LogP contribution in [0.3, 0.4) is 0 Å². The number of pyridine rings is 1. The smallest absolute Gasteiger partial charge is 0.414 e. The summed E-state index contributed by atoms with van der Waals surface area (Å²) in [5.74, 6) is -0.467. The molecule has 3 aromatic rings. The molecule has 34 heavy (non-hydrogen) atoms. The van der Waals surface area contributed by atoms with Gasteiger partial charge in [0.15, 0.2) is 0 Å². The lowest BCUT2D eigenvalue weighted by atomic mass is 10.0. The van der Waals surface area contributed by atoms with Gasteiger partial charge in [-0.15, -0.1) is 5.10 Å². The first-order valence-corrected chi connectivity index (χ1v) is 11.0. The number of rotatable bonds is 8. The first kappa shape index (κ1) is 22.0. The predicted octanol–water partition coefficient (Wildman–Crippen LogP) is 2.77. The van der Waals surface area contributed by atoms with Gasteiger partial charge in [0, 0.05) is 36.5 Å². The van der Waals surface area contributed by atoms with E-state index in [0.717, 1.165) is 12.1 Å². The highest BCUT2D eigenvalue weighted by atomic mass is 19.1. The number of amides is 1. The van der Waals surface area contributed by atoms with Crippen LogP contribution in [-0.2, 0) is 16.1 Å². The number of aliphatic hydroxyl groups excluding tert-OH is 1. The SMILES string of the molecule is O=C1O[C@H](Cn2ccnn2)CN1c1ccc(-c2ccc(C3=NO[C@@H](CCCO)C3)nc2)c(F)c1. The zero-order chi connectivity index (χ0) is 23.5. The van der Waals surface area contributed by atoms with Gasteiger partial charge in [0.1, 0.15) is 23.7 Å². The Labute approximate surface area is 194 Å². The van der Waals surface area contributed by atoms with E-state index in [1.54, 1.807) is 47.5 Å². The van der Waals surface area contributed by atoms with E-state index in [-0.39, 0.29) is 19.3 Å². The molecular weight excluding hydrogens is 443 g/mol. The Hall–Kier alpha value is -3.86. The van der Waals surface area contributed by atoms with Crippen LogP contribution >= 0.6 is 0 Å². The van der Waals surface area contributed by atoms with E-state index in [0.29, 0.717) is 41.9 Å². The van der Waals surface area contributed by atoms with Crippen LogP contribution in [0.4, 0.5) is 14.9 Å². The highest BCUT2D eigenvalue weighted by molar-refractivity contribution is 5.99. The van der Waals surface area contributed by atoms with Crippen LogP contribution in [0.25, 0.3) is 11.1 Å². The number of ether oxygens (including phenoxy) is 1. The van der Waals surface area contributed by atoms with E-state index in [1.807, 2.05) is 0 Å². The third-order valence-electron chi connectivity index (χ3n) is 5.79. The lowest BCUT2D eigenvalue weighted by molar-refractivity contribution is 0.0732. The predicted molar refractivity (Wildman–Crippen MR) is 120 cm³/mol. The molecule has 4 heterocycles. The van der Waals surface area contributed by atoms with Crippen LogP contribution < -0.4 is 4.90 Å². The first-order chi connectivity index (χ1) is 16.6. The number of aliphatic hydroxyl groups is 1. The maximum absolute atomic E-state index is 15.0. The highest BCUT2D eigenvalue weighted by Gasteiger charge is 2.33. The van der Waals surface area contributed by atoms with Crippen molar-refractivity contribution in [3.8, 4) is 11.1 Å². The summed E-state index contributed by atoms with van der Waals surface area (Å²) in [5.41, 5.74) is 2.81. The lowest BCUT2D eigenvalue weighted by Gasteiger charge is -2.14. The van der Waals surface area contributed by atoms with Crippen LogP contribution in [0.5, 0.6) is 0 Å². The van der Waals surface area contributed by atoms with Gasteiger partial charge in [0.2, 0.25) is 0 Å². The van der Waals surface area contributed by atoms with Gasteiger partial charge in [-0.25, -0.2) is 13.9 Å². The quantitative estimate of drug-likeness (QED) is 0.543. The van der Waals surface area contributed by atoms with Gasteiger partial charge in [0.05, 0.1) is 30.7 Å². The molecule has 0 saturated carbocycles. The highest BCUT2D eigenvalue weighted by Crippen LogP contribution is 2.29. The van der Waals surface area contributed by atoms with Gasteiger partial charge >= 0.3 is 6.09 Å². The molecule has 2 aliphatic heterocycles. The van der Waals surface area contributed by atoms with Crippen LogP contribution in [0, 0.1) is 5.82 Å². The molecule has 0 unspecified atom stereocenters. The number of nitrogens with zero attached hydrogens (tertiary/aromatic N) is 6. The molecule has 1 N–H and O–H groups in total. The molecule has 0 spiro atoms. The lowest BCUT2D eigenvalue weighted by Crippen LogP contribution is -2.26. The van der Waals surface area contributed by atoms with Crippen molar-refractivity contribution >= 4 is 17.5 Å². The van der Waals surface area contributed by atoms with E-state index in [9.17, 15) is 9.18 Å². The minimum atomic E-state index is -0.528. The summed E-state index contributed by atoms with van der Waals surface area (Å²) in [6, 6.07) is 8.20. The normalized spacial score (nSPS) is 19.8. The fourth-order valence-corrected chi connectivity index (χ4v) is 4.05. The van der Waals surface area contributed by atoms with Crippen LogP contribution in [0.2, 0.25) is 0 Å². The average molecular weight is 466 g/mol. The second kappa shape index (κ2) is 9.56. The Morgan fingerprint density at radius 1 is 1.21 bits per heavy atom. The van der Waals surface area contributed by atoms with E-state index >= 15 is 0 Å². The van der Waals surface area contributed by atoms with Gasteiger partial charge in [-0.2, -0.15) is 0 Å². The fraction of sp³-hybridized carbons (Fsp3) is 0.348. The summed E-state index contributed by atoms with van der Waals surface area (Å²) in [6.07, 6.45) is 5.86. The van der Waals surface area contributed by atoms with Crippen molar-refractivity contribution in [3.63, 3.8) is 0 Å². The van der Waals surface area contributed by atoms with E-state index in [1.165, 1.54) is 11.0 Å². The fourth-order valence-electron chi connectivity index (χ4n) is 4.05. The van der Waals surface area contributed by atoms with Crippen molar-refractivity contribution in [1.82, 2.24) is 20.0 Å². The molecular formula is C23H23FN6O4. The Kier molecular flexibility index (Phi) is 6.17. The van der Waals surface area contributed by atoms with Gasteiger partial charge < -0.3 is 14.7 Å². The Balaban J connectivity index is 1.25. The standard InChI is InChI=1S/C23H23FN6O4/c24-20-10-16(30-14-18(33-23(30)32)13-29-8-7-26-28-29)4-5-19(20)15-3-6-21(25-12-15)22-11-17(34-27-22)2-1-9-31/h3-8,10,12,17-18,31H,1-2,9,11,13-14H2/t17-,18+/m0/s1. The summed E-state index contributed by atoms with van der Waals surface area (Å²) in [5, 5.41) is 20.7. The molecule has 2 atom stereocenters. The molecule has 2 aromatic heterocycles. The van der Waals surface area contributed by atoms with Crippen molar-refractivity contribution in [2.24, 2.45) is 5.16 Å². The van der Waals surface area contributed by atoms with Crippen molar-refractivity contribution < 1.29 is 23.9 Å². The maximum atomic E-state index is 15.0. The monoisotopic (exact) mass is 466 g/mol.